The molecule has 1 atom stereocenters. The number of aromatic nitrogens is 4. The Balaban J connectivity index is 2.40. The van der Waals surface area contributed by atoms with Crippen molar-refractivity contribution in [3.63, 3.8) is 0 Å². The molecule has 0 spiro atoms. The fourth-order valence-electron chi connectivity index (χ4n) is 1.30. The normalized spacial score (nSPS) is 12.1. The van der Waals surface area contributed by atoms with Crippen molar-refractivity contribution >= 4 is 18.1 Å². The summed E-state index contributed by atoms with van der Waals surface area (Å²) in [5, 5.41) is 13.7. The zero-order valence-corrected chi connectivity index (χ0v) is 8.76. The average Bonchev–Trinajstić information content (AvgIpc) is 2.80. The van der Waals surface area contributed by atoms with Crippen LogP contribution in [0.25, 0.3) is 0 Å². The number of carbonyl (C=O) groups is 1. The van der Waals surface area contributed by atoms with E-state index in [4.69, 9.17) is 16.3 Å². The third-order valence-corrected chi connectivity index (χ3v) is 2.32. The summed E-state index contributed by atoms with van der Waals surface area (Å²) in [5.41, 5.74) is 0.609. The number of aromatic amines is 1. The summed E-state index contributed by atoms with van der Waals surface area (Å²) in [6, 6.07) is 6.98. The maximum absolute atomic E-state index is 10.4. The van der Waals surface area contributed by atoms with Crippen LogP contribution in [0.3, 0.4) is 0 Å². The van der Waals surface area contributed by atoms with Gasteiger partial charge in [-0.2, -0.15) is 5.21 Å². The highest BCUT2D eigenvalue weighted by Gasteiger charge is 2.21. The standard InChI is InChI=1S/C9H7ClN4O2/c10-7-4-2-1-3-6(7)8(16-5-15)9-11-13-14-12-9/h1-5,8H,(H,11,12,13,14). The van der Waals surface area contributed by atoms with Crippen LogP contribution < -0.4 is 0 Å². The van der Waals surface area contributed by atoms with Crippen molar-refractivity contribution in [2.24, 2.45) is 0 Å². The van der Waals surface area contributed by atoms with E-state index in [-0.39, 0.29) is 5.82 Å². The molecule has 6 nitrogen and oxygen atoms in total. The molecule has 0 saturated heterocycles. The molecule has 1 aromatic carbocycles. The quantitative estimate of drug-likeness (QED) is 0.807. The van der Waals surface area contributed by atoms with Gasteiger partial charge in [-0.1, -0.05) is 35.0 Å². The van der Waals surface area contributed by atoms with Crippen LogP contribution in [0, 0.1) is 0 Å². The molecule has 0 saturated carbocycles. The van der Waals surface area contributed by atoms with Crippen LogP contribution in [0.5, 0.6) is 0 Å². The van der Waals surface area contributed by atoms with Crippen molar-refractivity contribution in [3.05, 3.63) is 40.7 Å². The Hall–Kier alpha value is -1.95. The second-order valence-electron chi connectivity index (χ2n) is 2.90. The van der Waals surface area contributed by atoms with Gasteiger partial charge >= 0.3 is 0 Å². The van der Waals surface area contributed by atoms with Gasteiger partial charge < -0.3 is 4.74 Å². The summed E-state index contributed by atoms with van der Waals surface area (Å²) in [4.78, 5) is 10.4. The van der Waals surface area contributed by atoms with Crippen LogP contribution in [0.15, 0.2) is 24.3 Å². The van der Waals surface area contributed by atoms with Crippen LogP contribution >= 0.6 is 11.6 Å². The lowest BCUT2D eigenvalue weighted by molar-refractivity contribution is -0.132. The van der Waals surface area contributed by atoms with Gasteiger partial charge in [0.15, 0.2) is 6.10 Å². The molecule has 0 aliphatic rings. The minimum Gasteiger partial charge on any atom is -0.451 e. The Morgan fingerprint density at radius 3 is 2.88 bits per heavy atom. The van der Waals surface area contributed by atoms with Crippen molar-refractivity contribution in [2.75, 3.05) is 0 Å². The molecule has 82 valence electrons. The molecule has 0 radical (unpaired) electrons. The maximum atomic E-state index is 10.4. The number of benzene rings is 1. The van der Waals surface area contributed by atoms with E-state index in [0.29, 0.717) is 17.1 Å². The van der Waals surface area contributed by atoms with Gasteiger partial charge in [0.2, 0.25) is 5.82 Å². The first kappa shape index (κ1) is 10.6. The molecular formula is C9H7ClN4O2. The molecule has 1 heterocycles. The van der Waals surface area contributed by atoms with E-state index in [1.54, 1.807) is 24.3 Å². The number of hydrogen-bond acceptors (Lipinski definition) is 5. The van der Waals surface area contributed by atoms with E-state index >= 15 is 0 Å². The lowest BCUT2D eigenvalue weighted by Crippen LogP contribution is -2.08. The molecular weight excluding hydrogens is 232 g/mol. The highest BCUT2D eigenvalue weighted by atomic mass is 35.5. The van der Waals surface area contributed by atoms with Gasteiger partial charge in [-0.25, -0.2) is 0 Å². The molecule has 1 unspecified atom stereocenters. The number of hydrogen-bond donors (Lipinski definition) is 1. The van der Waals surface area contributed by atoms with Crippen LogP contribution in [0.1, 0.15) is 17.5 Å². The second-order valence-corrected chi connectivity index (χ2v) is 3.31. The molecule has 1 aromatic heterocycles. The molecule has 0 aliphatic heterocycles. The minimum atomic E-state index is -0.745. The Bertz CT molecular complexity index is 474. The number of tetrazole rings is 1. The Labute approximate surface area is 95.6 Å². The summed E-state index contributed by atoms with van der Waals surface area (Å²) in [6.45, 7) is 0.324. The highest BCUT2D eigenvalue weighted by Crippen LogP contribution is 2.28. The maximum Gasteiger partial charge on any atom is 0.294 e. The van der Waals surface area contributed by atoms with Crippen molar-refractivity contribution < 1.29 is 9.53 Å². The number of halogens is 1. The predicted molar refractivity (Wildman–Crippen MR) is 54.6 cm³/mol. The fourth-order valence-corrected chi connectivity index (χ4v) is 1.53. The molecule has 0 fully saturated rings. The number of nitrogens with one attached hydrogen (secondary N) is 1. The van der Waals surface area contributed by atoms with Crippen molar-refractivity contribution in [1.29, 1.82) is 0 Å². The average molecular weight is 239 g/mol. The van der Waals surface area contributed by atoms with Crippen molar-refractivity contribution in [3.8, 4) is 0 Å². The lowest BCUT2D eigenvalue weighted by atomic mass is 10.1. The molecule has 0 aliphatic carbocycles. The van der Waals surface area contributed by atoms with Crippen LogP contribution in [-0.4, -0.2) is 27.1 Å². The molecule has 16 heavy (non-hydrogen) atoms. The van der Waals surface area contributed by atoms with E-state index in [9.17, 15) is 4.79 Å². The van der Waals surface area contributed by atoms with Gasteiger partial charge in [0.05, 0.1) is 0 Å². The summed E-state index contributed by atoms with van der Waals surface area (Å²) in [5.74, 6) is 0.250. The number of H-pyrrole nitrogens is 1. The van der Waals surface area contributed by atoms with Gasteiger partial charge in [0.1, 0.15) is 0 Å². The van der Waals surface area contributed by atoms with Gasteiger partial charge in [-0.15, -0.1) is 10.2 Å². The Morgan fingerprint density at radius 1 is 1.44 bits per heavy atom. The first-order valence-electron chi connectivity index (χ1n) is 4.40. The SMILES string of the molecule is O=COC(c1nn[nH]n1)c1ccccc1Cl. The number of carbonyl (C=O) groups excluding carboxylic acids is 1. The second kappa shape index (κ2) is 4.71. The van der Waals surface area contributed by atoms with Crippen LogP contribution in [0.4, 0.5) is 0 Å². The van der Waals surface area contributed by atoms with Gasteiger partial charge in [0, 0.05) is 10.6 Å². The first-order chi connectivity index (χ1) is 7.83. The monoisotopic (exact) mass is 238 g/mol. The smallest absolute Gasteiger partial charge is 0.294 e. The van der Waals surface area contributed by atoms with E-state index in [0.717, 1.165) is 0 Å². The Morgan fingerprint density at radius 2 is 2.25 bits per heavy atom. The topological polar surface area (TPSA) is 80.8 Å². The molecule has 7 heteroatoms. The van der Waals surface area contributed by atoms with Gasteiger partial charge in [-0.3, -0.25) is 4.79 Å². The van der Waals surface area contributed by atoms with E-state index in [1.807, 2.05) is 0 Å². The first-order valence-corrected chi connectivity index (χ1v) is 4.77. The third kappa shape index (κ3) is 2.01. The fraction of sp³-hybridized carbons (Fsp3) is 0.111. The van der Waals surface area contributed by atoms with E-state index in [1.165, 1.54) is 0 Å². The van der Waals surface area contributed by atoms with E-state index < -0.39 is 6.10 Å². The molecule has 1 N–H and O–H groups in total. The number of rotatable bonds is 4. The summed E-state index contributed by atoms with van der Waals surface area (Å²) in [6.07, 6.45) is -0.745. The number of nitrogens with zero attached hydrogens (tertiary/aromatic N) is 3. The summed E-state index contributed by atoms with van der Waals surface area (Å²) < 4.78 is 4.90. The van der Waals surface area contributed by atoms with E-state index in [2.05, 4.69) is 20.6 Å². The molecule has 0 bridgehead atoms. The predicted octanol–water partition coefficient (Wildman–Crippen LogP) is 1.12. The van der Waals surface area contributed by atoms with Gasteiger partial charge in [-0.05, 0) is 6.07 Å². The Kier molecular flexibility index (Phi) is 3.11. The molecule has 0 amide bonds. The third-order valence-electron chi connectivity index (χ3n) is 1.98. The van der Waals surface area contributed by atoms with Crippen LogP contribution in [-0.2, 0) is 9.53 Å². The largest absolute Gasteiger partial charge is 0.451 e. The minimum absolute atomic E-state index is 0.250. The molecule has 2 aromatic rings. The van der Waals surface area contributed by atoms with Crippen molar-refractivity contribution in [1.82, 2.24) is 20.6 Å². The summed E-state index contributed by atoms with van der Waals surface area (Å²) in [7, 11) is 0. The van der Waals surface area contributed by atoms with Crippen molar-refractivity contribution in [2.45, 2.75) is 6.10 Å². The zero-order valence-electron chi connectivity index (χ0n) is 8.00. The van der Waals surface area contributed by atoms with Crippen LogP contribution in [0.2, 0.25) is 5.02 Å². The summed E-state index contributed by atoms with van der Waals surface area (Å²) >= 11 is 5.99. The van der Waals surface area contributed by atoms with Gasteiger partial charge in [0.25, 0.3) is 6.47 Å². The zero-order chi connectivity index (χ0) is 11.4. The highest BCUT2D eigenvalue weighted by molar-refractivity contribution is 6.31. The lowest BCUT2D eigenvalue weighted by Gasteiger charge is -2.12. The molecule has 2 rings (SSSR count). The number of ether oxygens (including phenoxy) is 1.